The number of methoxy groups -OCH3 is 1. The molecular formula is C15H15ClN2O3S. The van der Waals surface area contributed by atoms with Crippen LogP contribution in [0.1, 0.15) is 12.5 Å². The van der Waals surface area contributed by atoms with Crippen molar-refractivity contribution in [2.24, 2.45) is 5.10 Å². The van der Waals surface area contributed by atoms with Gasteiger partial charge in [0.1, 0.15) is 5.75 Å². The van der Waals surface area contributed by atoms with Crippen LogP contribution in [0.15, 0.2) is 58.5 Å². The third kappa shape index (κ3) is 3.99. The number of rotatable bonds is 5. The summed E-state index contributed by atoms with van der Waals surface area (Å²) in [4.78, 5) is 2.31. The second-order valence-electron chi connectivity index (χ2n) is 4.47. The van der Waals surface area contributed by atoms with Crippen LogP contribution in [0.3, 0.4) is 0 Å². The Morgan fingerprint density at radius 1 is 1.09 bits per heavy atom. The van der Waals surface area contributed by atoms with Gasteiger partial charge in [0.25, 0.3) is 10.0 Å². The molecule has 0 saturated carbocycles. The van der Waals surface area contributed by atoms with E-state index in [1.54, 1.807) is 38.3 Å². The van der Waals surface area contributed by atoms with Crippen LogP contribution in [-0.2, 0) is 10.0 Å². The first-order valence-electron chi connectivity index (χ1n) is 6.38. The Kier molecular flexibility index (Phi) is 5.05. The third-order valence-electron chi connectivity index (χ3n) is 2.97. The standard InChI is InChI=1S/C15H15ClN2O3S/c1-11(12-3-7-14(21-2)8-4-12)17-18-22(19,20)15-9-5-13(16)6-10-15/h3-10,18H,1-2H3/b17-11-. The van der Waals surface area contributed by atoms with Crippen molar-refractivity contribution in [3.8, 4) is 5.75 Å². The molecule has 0 radical (unpaired) electrons. The maximum Gasteiger partial charge on any atom is 0.276 e. The lowest BCUT2D eigenvalue weighted by Gasteiger charge is -2.06. The smallest absolute Gasteiger partial charge is 0.276 e. The molecule has 1 N–H and O–H groups in total. The zero-order valence-corrected chi connectivity index (χ0v) is 13.6. The van der Waals surface area contributed by atoms with E-state index in [0.29, 0.717) is 10.7 Å². The predicted molar refractivity (Wildman–Crippen MR) is 87.0 cm³/mol. The lowest BCUT2D eigenvalue weighted by Crippen LogP contribution is -2.19. The largest absolute Gasteiger partial charge is 0.497 e. The molecule has 0 aliphatic heterocycles. The van der Waals surface area contributed by atoms with Crippen molar-refractivity contribution in [1.82, 2.24) is 4.83 Å². The van der Waals surface area contributed by atoms with Crippen LogP contribution in [0, 0.1) is 0 Å². The molecule has 0 amide bonds. The highest BCUT2D eigenvalue weighted by Gasteiger charge is 2.12. The molecule has 0 fully saturated rings. The van der Waals surface area contributed by atoms with E-state index in [1.165, 1.54) is 24.3 Å². The first kappa shape index (κ1) is 16.3. The minimum atomic E-state index is -3.71. The first-order chi connectivity index (χ1) is 10.4. The van der Waals surface area contributed by atoms with Gasteiger partial charge in [-0.2, -0.15) is 18.4 Å². The van der Waals surface area contributed by atoms with E-state index in [9.17, 15) is 8.42 Å². The summed E-state index contributed by atoms with van der Waals surface area (Å²) in [6.07, 6.45) is 0. The molecule has 0 atom stereocenters. The molecule has 0 spiro atoms. The van der Waals surface area contributed by atoms with Gasteiger partial charge >= 0.3 is 0 Å². The van der Waals surface area contributed by atoms with Crippen molar-refractivity contribution in [2.75, 3.05) is 7.11 Å². The fourth-order valence-electron chi connectivity index (χ4n) is 1.69. The Labute approximate surface area is 134 Å². The van der Waals surface area contributed by atoms with Gasteiger partial charge in [0, 0.05) is 5.02 Å². The molecule has 22 heavy (non-hydrogen) atoms. The third-order valence-corrected chi connectivity index (χ3v) is 4.44. The molecule has 0 heterocycles. The summed E-state index contributed by atoms with van der Waals surface area (Å²) >= 11 is 5.74. The summed E-state index contributed by atoms with van der Waals surface area (Å²) in [5.41, 5.74) is 1.33. The maximum atomic E-state index is 12.1. The van der Waals surface area contributed by atoms with Gasteiger partial charge in [0.2, 0.25) is 0 Å². The van der Waals surface area contributed by atoms with Crippen LogP contribution >= 0.6 is 11.6 Å². The molecule has 0 aliphatic rings. The maximum absolute atomic E-state index is 12.1. The Hall–Kier alpha value is -2.05. The summed E-state index contributed by atoms with van der Waals surface area (Å²) in [6, 6.07) is 13.0. The Bertz CT molecular complexity index is 769. The predicted octanol–water partition coefficient (Wildman–Crippen LogP) is 3.05. The number of benzene rings is 2. The highest BCUT2D eigenvalue weighted by atomic mass is 35.5. The topological polar surface area (TPSA) is 67.8 Å². The number of hydrazone groups is 1. The van der Waals surface area contributed by atoms with E-state index < -0.39 is 10.0 Å². The van der Waals surface area contributed by atoms with Crippen LogP contribution in [0.4, 0.5) is 0 Å². The van der Waals surface area contributed by atoms with Gasteiger partial charge in [0.05, 0.1) is 17.7 Å². The van der Waals surface area contributed by atoms with Crippen molar-refractivity contribution >= 4 is 27.3 Å². The van der Waals surface area contributed by atoms with Crippen molar-refractivity contribution in [2.45, 2.75) is 11.8 Å². The molecule has 0 unspecified atom stereocenters. The van der Waals surface area contributed by atoms with Crippen LogP contribution in [-0.4, -0.2) is 21.2 Å². The van der Waals surface area contributed by atoms with E-state index in [0.717, 1.165) is 11.3 Å². The number of nitrogens with one attached hydrogen (secondary N) is 1. The highest BCUT2D eigenvalue weighted by molar-refractivity contribution is 7.89. The zero-order chi connectivity index (χ0) is 16.2. The SMILES string of the molecule is COc1ccc(/C(C)=N\NS(=O)(=O)c2ccc(Cl)cc2)cc1. The second kappa shape index (κ2) is 6.81. The normalized spacial score (nSPS) is 12.0. The molecule has 0 saturated heterocycles. The molecule has 116 valence electrons. The molecular weight excluding hydrogens is 324 g/mol. The Morgan fingerprint density at radius 2 is 1.68 bits per heavy atom. The van der Waals surface area contributed by atoms with Crippen molar-refractivity contribution < 1.29 is 13.2 Å². The Morgan fingerprint density at radius 3 is 2.23 bits per heavy atom. The van der Waals surface area contributed by atoms with Gasteiger partial charge in [-0.15, -0.1) is 0 Å². The fourth-order valence-corrected chi connectivity index (χ4v) is 2.67. The van der Waals surface area contributed by atoms with E-state index in [-0.39, 0.29) is 4.90 Å². The van der Waals surface area contributed by atoms with Gasteiger partial charge < -0.3 is 4.74 Å². The molecule has 5 nitrogen and oxygen atoms in total. The summed E-state index contributed by atoms with van der Waals surface area (Å²) < 4.78 is 29.3. The average Bonchev–Trinajstić information content (AvgIpc) is 2.53. The molecule has 0 aromatic heterocycles. The Balaban J connectivity index is 2.16. The van der Waals surface area contributed by atoms with E-state index in [2.05, 4.69) is 9.93 Å². The average molecular weight is 339 g/mol. The molecule has 2 aromatic rings. The van der Waals surface area contributed by atoms with E-state index >= 15 is 0 Å². The van der Waals surface area contributed by atoms with Crippen molar-refractivity contribution in [1.29, 1.82) is 0 Å². The van der Waals surface area contributed by atoms with Crippen molar-refractivity contribution in [3.05, 3.63) is 59.1 Å². The molecule has 7 heteroatoms. The van der Waals surface area contributed by atoms with Crippen LogP contribution < -0.4 is 9.57 Å². The minimum absolute atomic E-state index is 0.100. The van der Waals surface area contributed by atoms with Crippen LogP contribution in [0.2, 0.25) is 5.02 Å². The van der Waals surface area contributed by atoms with Crippen molar-refractivity contribution in [3.63, 3.8) is 0 Å². The molecule has 2 aromatic carbocycles. The van der Waals surface area contributed by atoms with Gasteiger partial charge in [-0.25, -0.2) is 0 Å². The summed E-state index contributed by atoms with van der Waals surface area (Å²) in [6.45, 7) is 1.71. The number of hydrogen-bond acceptors (Lipinski definition) is 4. The molecule has 0 bridgehead atoms. The highest BCUT2D eigenvalue weighted by Crippen LogP contribution is 2.14. The zero-order valence-electron chi connectivity index (χ0n) is 12.1. The van der Waals surface area contributed by atoms with Crippen LogP contribution in [0.25, 0.3) is 0 Å². The number of hydrogen-bond donors (Lipinski definition) is 1. The number of halogens is 1. The number of nitrogens with zero attached hydrogens (tertiary/aromatic N) is 1. The van der Waals surface area contributed by atoms with Gasteiger partial charge in [0.15, 0.2) is 0 Å². The lowest BCUT2D eigenvalue weighted by atomic mass is 10.1. The van der Waals surface area contributed by atoms with E-state index in [4.69, 9.17) is 16.3 Å². The van der Waals surface area contributed by atoms with Gasteiger partial charge in [-0.05, 0) is 61.0 Å². The first-order valence-corrected chi connectivity index (χ1v) is 8.24. The summed E-state index contributed by atoms with van der Waals surface area (Å²) in [7, 11) is -2.13. The second-order valence-corrected chi connectivity index (χ2v) is 6.57. The molecule has 0 aliphatic carbocycles. The fraction of sp³-hybridized carbons (Fsp3) is 0.133. The summed E-state index contributed by atoms with van der Waals surface area (Å²) in [5.74, 6) is 0.721. The van der Waals surface area contributed by atoms with Gasteiger partial charge in [-0.1, -0.05) is 11.6 Å². The molecule has 2 rings (SSSR count). The monoisotopic (exact) mass is 338 g/mol. The number of ether oxygens (including phenoxy) is 1. The van der Waals surface area contributed by atoms with E-state index in [1.807, 2.05) is 0 Å². The quantitative estimate of drug-likeness (QED) is 0.673. The summed E-state index contributed by atoms with van der Waals surface area (Å²) in [5, 5.41) is 4.39. The number of sulfonamides is 1. The van der Waals surface area contributed by atoms with Gasteiger partial charge in [-0.3, -0.25) is 0 Å². The minimum Gasteiger partial charge on any atom is -0.497 e. The lowest BCUT2D eigenvalue weighted by molar-refractivity contribution is 0.415. The van der Waals surface area contributed by atoms with Crippen LogP contribution in [0.5, 0.6) is 5.75 Å².